The summed E-state index contributed by atoms with van der Waals surface area (Å²) in [6, 6.07) is 8.03. The fourth-order valence-corrected chi connectivity index (χ4v) is 3.64. The molecule has 2 aliphatic heterocycles. The number of nitrogens with zero attached hydrogens (tertiary/aromatic N) is 2. The summed E-state index contributed by atoms with van der Waals surface area (Å²) in [5.74, 6) is -1.41. The Kier molecular flexibility index (Phi) is 3.69. The zero-order chi connectivity index (χ0) is 15.0. The molecular formula is C14H12N2O3S2. The van der Waals surface area contributed by atoms with E-state index in [1.165, 1.54) is 5.56 Å². The molecule has 1 N–H and O–H groups in total. The summed E-state index contributed by atoms with van der Waals surface area (Å²) >= 11 is 6.23. The average molecular weight is 320 g/mol. The second kappa shape index (κ2) is 5.50. The fourth-order valence-electron chi connectivity index (χ4n) is 2.40. The third-order valence-electron chi connectivity index (χ3n) is 3.36. The van der Waals surface area contributed by atoms with Gasteiger partial charge < -0.3 is 10.0 Å². The molecule has 2 aliphatic rings. The van der Waals surface area contributed by atoms with Crippen LogP contribution in [0.3, 0.4) is 0 Å². The number of carboxylic acids is 1. The van der Waals surface area contributed by atoms with Gasteiger partial charge in [-0.15, -0.1) is 0 Å². The molecular weight excluding hydrogens is 308 g/mol. The lowest BCUT2D eigenvalue weighted by Gasteiger charge is -2.14. The van der Waals surface area contributed by atoms with Crippen molar-refractivity contribution in [3.8, 4) is 0 Å². The Balaban J connectivity index is 1.84. The van der Waals surface area contributed by atoms with Crippen molar-refractivity contribution in [2.45, 2.75) is 6.42 Å². The fraction of sp³-hybridized carbons (Fsp3) is 0.214. The first-order chi connectivity index (χ1) is 10.1. The van der Waals surface area contributed by atoms with E-state index in [2.05, 4.69) is 6.07 Å². The maximum Gasteiger partial charge on any atom is 0.323 e. The van der Waals surface area contributed by atoms with Crippen LogP contribution >= 0.6 is 24.0 Å². The van der Waals surface area contributed by atoms with Gasteiger partial charge in [-0.2, -0.15) is 0 Å². The molecule has 5 nitrogen and oxygen atoms in total. The SMILES string of the molecule is O=C(O)CN1C(=O)C(=CN2CCc3ccccc32)SC1=S. The summed E-state index contributed by atoms with van der Waals surface area (Å²) in [6.45, 7) is 0.418. The molecule has 1 aromatic carbocycles. The Hall–Kier alpha value is -1.86. The molecule has 1 saturated heterocycles. The first kappa shape index (κ1) is 14.1. The largest absolute Gasteiger partial charge is 0.480 e. The maximum absolute atomic E-state index is 12.2. The van der Waals surface area contributed by atoms with Crippen molar-refractivity contribution < 1.29 is 14.7 Å². The Labute approximate surface area is 131 Å². The molecule has 1 amide bonds. The van der Waals surface area contributed by atoms with Gasteiger partial charge in [-0.3, -0.25) is 14.5 Å². The van der Waals surface area contributed by atoms with Crippen molar-refractivity contribution in [3.05, 3.63) is 40.9 Å². The van der Waals surface area contributed by atoms with Gasteiger partial charge in [0.2, 0.25) is 0 Å². The van der Waals surface area contributed by atoms with Crippen LogP contribution in [-0.4, -0.2) is 39.3 Å². The van der Waals surface area contributed by atoms with E-state index >= 15 is 0 Å². The lowest BCUT2D eigenvalue weighted by molar-refractivity contribution is -0.140. The molecule has 1 fully saturated rings. The molecule has 0 saturated carbocycles. The van der Waals surface area contributed by atoms with E-state index < -0.39 is 12.5 Å². The van der Waals surface area contributed by atoms with Gasteiger partial charge in [0.25, 0.3) is 5.91 Å². The third-order valence-corrected chi connectivity index (χ3v) is 4.73. The highest BCUT2D eigenvalue weighted by atomic mass is 32.2. The van der Waals surface area contributed by atoms with Crippen LogP contribution in [0.15, 0.2) is 35.4 Å². The minimum Gasteiger partial charge on any atom is -0.480 e. The molecule has 7 heteroatoms. The minimum absolute atomic E-state index is 0.293. The Morgan fingerprint density at radius 2 is 2.19 bits per heavy atom. The van der Waals surface area contributed by atoms with Gasteiger partial charge in [0, 0.05) is 18.4 Å². The Morgan fingerprint density at radius 1 is 1.43 bits per heavy atom. The summed E-state index contributed by atoms with van der Waals surface area (Å²) < 4.78 is 0.293. The zero-order valence-electron chi connectivity index (χ0n) is 11.0. The summed E-state index contributed by atoms with van der Waals surface area (Å²) in [4.78, 5) is 26.6. The normalized spacial score (nSPS) is 19.5. The van der Waals surface area contributed by atoms with Gasteiger partial charge in [0.15, 0.2) is 0 Å². The smallest absolute Gasteiger partial charge is 0.323 e. The molecule has 0 spiro atoms. The molecule has 0 aliphatic carbocycles. The topological polar surface area (TPSA) is 60.9 Å². The van der Waals surface area contributed by atoms with Crippen LogP contribution < -0.4 is 4.90 Å². The molecule has 21 heavy (non-hydrogen) atoms. The second-order valence-electron chi connectivity index (χ2n) is 4.72. The van der Waals surface area contributed by atoms with Crippen molar-refractivity contribution in [1.82, 2.24) is 4.90 Å². The summed E-state index contributed by atoms with van der Waals surface area (Å²) in [5.41, 5.74) is 2.33. The van der Waals surface area contributed by atoms with Crippen molar-refractivity contribution in [1.29, 1.82) is 0 Å². The number of anilines is 1. The molecule has 0 radical (unpaired) electrons. The van der Waals surface area contributed by atoms with Crippen LogP contribution in [0.1, 0.15) is 5.56 Å². The number of fused-ring (bicyclic) bond motifs is 1. The molecule has 0 aromatic heterocycles. The highest BCUT2D eigenvalue weighted by Crippen LogP contribution is 2.34. The zero-order valence-corrected chi connectivity index (χ0v) is 12.6. The van der Waals surface area contributed by atoms with E-state index in [0.29, 0.717) is 9.23 Å². The molecule has 2 heterocycles. The van der Waals surface area contributed by atoms with Crippen LogP contribution in [0.4, 0.5) is 5.69 Å². The number of amides is 1. The monoisotopic (exact) mass is 320 g/mol. The number of hydrogen-bond donors (Lipinski definition) is 1. The maximum atomic E-state index is 12.2. The van der Waals surface area contributed by atoms with Gasteiger partial charge in [0.1, 0.15) is 10.9 Å². The highest BCUT2D eigenvalue weighted by molar-refractivity contribution is 8.26. The summed E-state index contributed by atoms with van der Waals surface area (Å²) in [5, 5.41) is 8.82. The quantitative estimate of drug-likeness (QED) is 0.677. The number of hydrogen-bond acceptors (Lipinski definition) is 5. The number of carbonyl (C=O) groups excluding carboxylic acids is 1. The van der Waals surface area contributed by atoms with E-state index in [1.54, 1.807) is 6.20 Å². The molecule has 1 aromatic rings. The number of benzene rings is 1. The number of rotatable bonds is 3. The van der Waals surface area contributed by atoms with Crippen molar-refractivity contribution in [2.24, 2.45) is 0 Å². The highest BCUT2D eigenvalue weighted by Gasteiger charge is 2.34. The average Bonchev–Trinajstić information content (AvgIpc) is 2.96. The molecule has 0 unspecified atom stereocenters. The van der Waals surface area contributed by atoms with Crippen molar-refractivity contribution >= 4 is 45.9 Å². The van der Waals surface area contributed by atoms with Gasteiger partial charge in [-0.1, -0.05) is 42.2 Å². The van der Waals surface area contributed by atoms with Crippen LogP contribution in [0, 0.1) is 0 Å². The predicted octanol–water partition coefficient (Wildman–Crippen LogP) is 1.84. The van der Waals surface area contributed by atoms with Gasteiger partial charge >= 0.3 is 5.97 Å². The second-order valence-corrected chi connectivity index (χ2v) is 6.39. The van der Waals surface area contributed by atoms with Gasteiger partial charge in [-0.05, 0) is 18.1 Å². The summed E-state index contributed by atoms with van der Waals surface area (Å²) in [6.07, 6.45) is 2.70. The van der Waals surface area contributed by atoms with Crippen LogP contribution in [0.2, 0.25) is 0 Å². The third kappa shape index (κ3) is 2.66. The van der Waals surface area contributed by atoms with Crippen molar-refractivity contribution in [2.75, 3.05) is 18.0 Å². The number of para-hydroxylation sites is 1. The number of carbonyl (C=O) groups is 2. The molecule has 108 valence electrons. The number of aliphatic carboxylic acids is 1. The van der Waals surface area contributed by atoms with E-state index in [1.807, 2.05) is 23.1 Å². The lowest BCUT2D eigenvalue weighted by atomic mass is 10.2. The van der Waals surface area contributed by atoms with Crippen LogP contribution in [0.25, 0.3) is 0 Å². The van der Waals surface area contributed by atoms with Crippen LogP contribution in [-0.2, 0) is 16.0 Å². The van der Waals surface area contributed by atoms with Gasteiger partial charge in [-0.25, -0.2) is 0 Å². The van der Waals surface area contributed by atoms with Crippen LogP contribution in [0.5, 0.6) is 0 Å². The summed E-state index contributed by atoms with van der Waals surface area (Å²) in [7, 11) is 0. The van der Waals surface area contributed by atoms with E-state index in [9.17, 15) is 9.59 Å². The minimum atomic E-state index is -1.07. The standard InChI is InChI=1S/C14H12N2O3S2/c17-12(18)8-16-13(19)11(21-14(16)20)7-15-6-5-9-3-1-2-4-10(9)15/h1-4,7H,5-6,8H2,(H,17,18). The Bertz CT molecular complexity index is 672. The molecule has 0 bridgehead atoms. The predicted molar refractivity (Wildman–Crippen MR) is 85.1 cm³/mol. The number of thiocarbonyl (C=S) groups is 1. The molecule has 3 rings (SSSR count). The number of carboxylic acid groups (broad SMARTS) is 1. The Morgan fingerprint density at radius 3 is 2.95 bits per heavy atom. The lowest BCUT2D eigenvalue weighted by Crippen LogP contribution is -2.33. The number of thioether (sulfide) groups is 1. The van der Waals surface area contributed by atoms with Gasteiger partial charge in [0.05, 0.1) is 4.91 Å². The van der Waals surface area contributed by atoms with E-state index in [-0.39, 0.29) is 5.91 Å². The first-order valence-electron chi connectivity index (χ1n) is 6.38. The molecule has 0 atom stereocenters. The first-order valence-corrected chi connectivity index (χ1v) is 7.60. The van der Waals surface area contributed by atoms with E-state index in [4.69, 9.17) is 17.3 Å². The van der Waals surface area contributed by atoms with Crippen molar-refractivity contribution in [3.63, 3.8) is 0 Å². The van der Waals surface area contributed by atoms with E-state index in [0.717, 1.165) is 35.3 Å².